The van der Waals surface area contributed by atoms with Crippen molar-refractivity contribution in [1.82, 2.24) is 5.09 Å². The SMILES string of the molecule is O=C(CNP)C1CCCCCC1. The molecule has 1 fully saturated rings. The van der Waals surface area contributed by atoms with Crippen LogP contribution in [0.1, 0.15) is 38.5 Å². The zero-order valence-electron chi connectivity index (χ0n) is 7.51. The number of carbonyl (C=O) groups excluding carboxylic acids is 1. The number of carbonyl (C=O) groups is 1. The zero-order valence-corrected chi connectivity index (χ0v) is 8.67. The van der Waals surface area contributed by atoms with Crippen molar-refractivity contribution in [1.29, 1.82) is 0 Å². The van der Waals surface area contributed by atoms with Gasteiger partial charge in [0.25, 0.3) is 0 Å². The summed E-state index contributed by atoms with van der Waals surface area (Å²) in [4.78, 5) is 11.5. The third kappa shape index (κ3) is 3.20. The Morgan fingerprint density at radius 2 is 1.83 bits per heavy atom. The number of hydrogen-bond donors (Lipinski definition) is 1. The zero-order chi connectivity index (χ0) is 8.81. The van der Waals surface area contributed by atoms with Gasteiger partial charge in [0.1, 0.15) is 5.78 Å². The molecule has 1 unspecified atom stereocenters. The molecule has 0 spiro atoms. The van der Waals surface area contributed by atoms with Crippen LogP contribution in [0.2, 0.25) is 0 Å². The topological polar surface area (TPSA) is 29.1 Å². The number of rotatable bonds is 3. The first kappa shape index (κ1) is 10.1. The van der Waals surface area contributed by atoms with Crippen molar-refractivity contribution in [3.63, 3.8) is 0 Å². The van der Waals surface area contributed by atoms with Crippen LogP contribution < -0.4 is 5.09 Å². The highest BCUT2D eigenvalue weighted by atomic mass is 31.0. The molecule has 0 aromatic heterocycles. The number of ketones is 1. The Kier molecular flexibility index (Phi) is 4.79. The van der Waals surface area contributed by atoms with Crippen molar-refractivity contribution in [3.8, 4) is 0 Å². The van der Waals surface area contributed by atoms with E-state index >= 15 is 0 Å². The van der Waals surface area contributed by atoms with Crippen LogP contribution in [0, 0.1) is 5.92 Å². The lowest BCUT2D eigenvalue weighted by atomic mass is 9.96. The molecule has 0 amide bonds. The standard InChI is InChI=1S/C9H18NOP/c11-9(7-10-12)8-5-3-1-2-4-6-8/h8,10H,1-7,12H2. The maximum absolute atomic E-state index is 11.5. The first-order valence-electron chi connectivity index (χ1n) is 4.81. The van der Waals surface area contributed by atoms with Crippen molar-refractivity contribution < 1.29 is 4.79 Å². The van der Waals surface area contributed by atoms with Gasteiger partial charge >= 0.3 is 0 Å². The number of Topliss-reactive ketones (excluding diaryl/α,β-unsaturated/α-hetero) is 1. The Balaban J connectivity index is 2.32. The molecule has 0 radical (unpaired) electrons. The summed E-state index contributed by atoms with van der Waals surface area (Å²) < 4.78 is 0. The lowest BCUT2D eigenvalue weighted by molar-refractivity contribution is -0.122. The predicted molar refractivity (Wildman–Crippen MR) is 53.9 cm³/mol. The molecule has 12 heavy (non-hydrogen) atoms. The minimum Gasteiger partial charge on any atom is -0.298 e. The van der Waals surface area contributed by atoms with Crippen LogP contribution in [-0.2, 0) is 4.79 Å². The molecular formula is C9H18NOP. The molecule has 0 saturated heterocycles. The predicted octanol–water partition coefficient (Wildman–Crippen LogP) is 1.91. The summed E-state index contributed by atoms with van der Waals surface area (Å²) in [6.45, 7) is 0.523. The van der Waals surface area contributed by atoms with E-state index in [2.05, 4.69) is 14.5 Å². The molecule has 1 atom stereocenters. The van der Waals surface area contributed by atoms with Crippen molar-refractivity contribution >= 4 is 15.2 Å². The first-order valence-corrected chi connectivity index (χ1v) is 5.38. The van der Waals surface area contributed by atoms with Gasteiger partial charge in [-0.25, -0.2) is 0 Å². The molecule has 1 rings (SSSR count). The minimum atomic E-state index is 0.348. The lowest BCUT2D eigenvalue weighted by Crippen LogP contribution is -2.22. The van der Waals surface area contributed by atoms with E-state index in [-0.39, 0.29) is 0 Å². The molecule has 0 aliphatic heterocycles. The molecule has 1 aliphatic rings. The molecule has 70 valence electrons. The number of hydrogen-bond acceptors (Lipinski definition) is 2. The molecule has 0 heterocycles. The summed E-state index contributed by atoms with van der Waals surface area (Å²) in [5.74, 6) is 0.743. The van der Waals surface area contributed by atoms with E-state index in [9.17, 15) is 4.79 Å². The van der Waals surface area contributed by atoms with Gasteiger partial charge in [0, 0.05) is 5.92 Å². The molecule has 1 N–H and O–H groups in total. The third-order valence-corrected chi connectivity index (χ3v) is 2.79. The van der Waals surface area contributed by atoms with Gasteiger partial charge < -0.3 is 0 Å². The average Bonchev–Trinajstić information content (AvgIpc) is 2.32. The maximum Gasteiger partial charge on any atom is 0.149 e. The minimum absolute atomic E-state index is 0.348. The van der Waals surface area contributed by atoms with E-state index in [0.717, 1.165) is 12.8 Å². The molecule has 0 bridgehead atoms. The van der Waals surface area contributed by atoms with E-state index < -0.39 is 0 Å². The van der Waals surface area contributed by atoms with Crippen LogP contribution in [0.5, 0.6) is 0 Å². The van der Waals surface area contributed by atoms with Crippen LogP contribution >= 0.6 is 9.39 Å². The van der Waals surface area contributed by atoms with Gasteiger partial charge in [0.05, 0.1) is 6.54 Å². The summed E-state index contributed by atoms with van der Waals surface area (Å²) in [6, 6.07) is 0. The fourth-order valence-corrected chi connectivity index (χ4v) is 2.05. The van der Waals surface area contributed by atoms with Gasteiger partial charge in [-0.15, -0.1) is 0 Å². The highest BCUT2D eigenvalue weighted by Crippen LogP contribution is 2.23. The largest absolute Gasteiger partial charge is 0.298 e. The van der Waals surface area contributed by atoms with Crippen molar-refractivity contribution in [2.24, 2.45) is 5.92 Å². The van der Waals surface area contributed by atoms with Gasteiger partial charge in [-0.2, -0.15) is 0 Å². The van der Waals surface area contributed by atoms with Crippen LogP contribution in [-0.4, -0.2) is 12.3 Å². The van der Waals surface area contributed by atoms with Crippen LogP contribution in [0.25, 0.3) is 0 Å². The lowest BCUT2D eigenvalue weighted by Gasteiger charge is -2.11. The third-order valence-electron chi connectivity index (χ3n) is 2.59. The van der Waals surface area contributed by atoms with Gasteiger partial charge in [-0.05, 0) is 12.8 Å². The smallest absolute Gasteiger partial charge is 0.149 e. The Morgan fingerprint density at radius 3 is 2.33 bits per heavy atom. The molecule has 0 aromatic carbocycles. The van der Waals surface area contributed by atoms with E-state index in [4.69, 9.17) is 0 Å². The average molecular weight is 187 g/mol. The summed E-state index contributed by atoms with van der Waals surface area (Å²) in [7, 11) is 2.39. The van der Waals surface area contributed by atoms with Crippen molar-refractivity contribution in [3.05, 3.63) is 0 Å². The highest BCUT2D eigenvalue weighted by molar-refractivity contribution is 7.13. The van der Waals surface area contributed by atoms with Crippen LogP contribution in [0.15, 0.2) is 0 Å². The van der Waals surface area contributed by atoms with Gasteiger partial charge in [0.2, 0.25) is 0 Å². The van der Waals surface area contributed by atoms with Crippen LogP contribution in [0.3, 0.4) is 0 Å². The van der Waals surface area contributed by atoms with E-state index in [0.29, 0.717) is 18.2 Å². The highest BCUT2D eigenvalue weighted by Gasteiger charge is 2.18. The normalized spacial score (nSPS) is 20.4. The molecular weight excluding hydrogens is 169 g/mol. The Labute approximate surface area is 76.8 Å². The van der Waals surface area contributed by atoms with Gasteiger partial charge in [0.15, 0.2) is 0 Å². The molecule has 2 nitrogen and oxygen atoms in total. The molecule has 3 heteroatoms. The Morgan fingerprint density at radius 1 is 1.25 bits per heavy atom. The van der Waals surface area contributed by atoms with Crippen molar-refractivity contribution in [2.45, 2.75) is 38.5 Å². The Hall–Kier alpha value is 0.0600. The Bertz CT molecular complexity index is 141. The molecule has 0 aromatic rings. The summed E-state index contributed by atoms with van der Waals surface area (Å²) in [6.07, 6.45) is 7.35. The maximum atomic E-state index is 11.5. The van der Waals surface area contributed by atoms with Gasteiger partial charge in [-0.3, -0.25) is 9.88 Å². The second kappa shape index (κ2) is 5.66. The first-order chi connectivity index (χ1) is 5.84. The van der Waals surface area contributed by atoms with Crippen molar-refractivity contribution in [2.75, 3.05) is 6.54 Å². The molecule has 1 saturated carbocycles. The molecule has 1 aliphatic carbocycles. The van der Waals surface area contributed by atoms with E-state index in [1.165, 1.54) is 25.7 Å². The fourth-order valence-electron chi connectivity index (χ4n) is 1.85. The second-order valence-electron chi connectivity index (χ2n) is 3.54. The van der Waals surface area contributed by atoms with Gasteiger partial charge in [-0.1, -0.05) is 35.1 Å². The van der Waals surface area contributed by atoms with E-state index in [1.807, 2.05) is 0 Å². The summed E-state index contributed by atoms with van der Waals surface area (Å²) >= 11 is 0. The van der Waals surface area contributed by atoms with E-state index in [1.54, 1.807) is 0 Å². The van der Waals surface area contributed by atoms with Crippen LogP contribution in [0.4, 0.5) is 0 Å². The summed E-state index contributed by atoms with van der Waals surface area (Å²) in [5.41, 5.74) is 0. The quantitative estimate of drug-likeness (QED) is 0.540. The monoisotopic (exact) mass is 187 g/mol. The second-order valence-corrected chi connectivity index (χ2v) is 3.94. The summed E-state index contributed by atoms with van der Waals surface area (Å²) in [5, 5.41) is 2.85. The number of nitrogens with one attached hydrogen (secondary N) is 1. The fraction of sp³-hybridized carbons (Fsp3) is 0.889.